The van der Waals surface area contributed by atoms with Crippen LogP contribution in [0.4, 0.5) is 0 Å². The molecule has 8 heteroatoms. The van der Waals surface area contributed by atoms with Crippen molar-refractivity contribution in [1.29, 1.82) is 0 Å². The van der Waals surface area contributed by atoms with Crippen LogP contribution in [-0.2, 0) is 16.4 Å². The highest BCUT2D eigenvalue weighted by atomic mass is 35.5. The fourth-order valence-corrected chi connectivity index (χ4v) is 3.37. The Kier molecular flexibility index (Phi) is 4.32. The van der Waals surface area contributed by atoms with Gasteiger partial charge in [-0.1, -0.05) is 35.0 Å². The van der Waals surface area contributed by atoms with Gasteiger partial charge >= 0.3 is 0 Å². The summed E-state index contributed by atoms with van der Waals surface area (Å²) in [4.78, 5) is 0. The van der Waals surface area contributed by atoms with Gasteiger partial charge in [-0.25, -0.2) is 8.42 Å². The molecule has 0 fully saturated rings. The third kappa shape index (κ3) is 3.50. The maximum Gasteiger partial charge on any atom is 0.173 e. The van der Waals surface area contributed by atoms with E-state index in [-0.39, 0.29) is 17.6 Å². The molecule has 1 aromatic rings. The van der Waals surface area contributed by atoms with Gasteiger partial charge in [0.05, 0.1) is 5.75 Å². The molecule has 0 saturated heterocycles. The maximum atomic E-state index is 11.3. The van der Waals surface area contributed by atoms with Crippen LogP contribution < -0.4 is 11.1 Å². The lowest BCUT2D eigenvalue weighted by atomic mass is 10.1. The summed E-state index contributed by atoms with van der Waals surface area (Å²) < 4.78 is 22.5. The predicted molar refractivity (Wildman–Crippen MR) is 77.5 cm³/mol. The van der Waals surface area contributed by atoms with E-state index < -0.39 is 9.84 Å². The highest BCUT2D eigenvalue weighted by Crippen LogP contribution is 2.18. The third-order valence-corrected chi connectivity index (χ3v) is 4.69. The number of rotatable bonds is 4. The van der Waals surface area contributed by atoms with Crippen LogP contribution in [0.5, 0.6) is 0 Å². The van der Waals surface area contributed by atoms with E-state index in [0.29, 0.717) is 17.1 Å². The normalized spacial score (nSPS) is 21.2. The van der Waals surface area contributed by atoms with Crippen molar-refractivity contribution in [2.45, 2.75) is 12.6 Å². The SMILES string of the molecule is N/C(=N/O)c1ccc(CNC2C=CS(=O)(=O)C2)c(Cl)c1. The van der Waals surface area contributed by atoms with Crippen molar-refractivity contribution in [1.82, 2.24) is 5.32 Å². The molecule has 1 aliphatic heterocycles. The Morgan fingerprint density at radius 2 is 2.30 bits per heavy atom. The molecule has 1 aromatic carbocycles. The summed E-state index contributed by atoms with van der Waals surface area (Å²) in [7, 11) is -3.07. The van der Waals surface area contributed by atoms with Crippen LogP contribution >= 0.6 is 11.6 Å². The number of nitrogens with zero attached hydrogens (tertiary/aromatic N) is 1. The van der Waals surface area contributed by atoms with Gasteiger partial charge < -0.3 is 16.3 Å². The average Bonchev–Trinajstić information content (AvgIpc) is 2.76. The van der Waals surface area contributed by atoms with E-state index in [9.17, 15) is 8.42 Å². The molecule has 0 aliphatic carbocycles. The number of nitrogens with two attached hydrogens (primary N) is 1. The molecule has 108 valence electrons. The van der Waals surface area contributed by atoms with Crippen molar-refractivity contribution in [3.05, 3.63) is 45.8 Å². The Bertz CT molecular complexity index is 671. The Hall–Kier alpha value is -1.57. The number of benzene rings is 1. The standard InChI is InChI=1S/C12H14ClN3O3S/c13-11-5-8(12(14)16-17)1-2-9(11)6-15-10-3-4-20(18,19)7-10/h1-5,10,15,17H,6-7H2,(H2,14,16). The van der Waals surface area contributed by atoms with Crippen molar-refractivity contribution >= 4 is 27.3 Å². The van der Waals surface area contributed by atoms with E-state index in [1.165, 1.54) is 5.41 Å². The van der Waals surface area contributed by atoms with Crippen molar-refractivity contribution in [2.75, 3.05) is 5.75 Å². The topological polar surface area (TPSA) is 105 Å². The van der Waals surface area contributed by atoms with Gasteiger partial charge in [0.25, 0.3) is 0 Å². The van der Waals surface area contributed by atoms with Crippen LogP contribution in [-0.4, -0.2) is 31.3 Å². The summed E-state index contributed by atoms with van der Waals surface area (Å²) in [5.74, 6) is 0.0449. The van der Waals surface area contributed by atoms with Gasteiger partial charge in [-0.05, 0) is 11.6 Å². The molecule has 2 rings (SSSR count). The third-order valence-electron chi connectivity index (χ3n) is 2.94. The molecule has 1 aliphatic rings. The molecular weight excluding hydrogens is 302 g/mol. The van der Waals surface area contributed by atoms with Gasteiger partial charge in [0, 0.05) is 28.6 Å². The molecule has 20 heavy (non-hydrogen) atoms. The van der Waals surface area contributed by atoms with Gasteiger partial charge in [-0.3, -0.25) is 0 Å². The number of halogens is 1. The minimum atomic E-state index is -3.07. The molecule has 0 bridgehead atoms. The van der Waals surface area contributed by atoms with E-state index >= 15 is 0 Å². The molecule has 0 spiro atoms. The Balaban J connectivity index is 2.03. The minimum Gasteiger partial charge on any atom is -0.409 e. The zero-order chi connectivity index (χ0) is 14.8. The Morgan fingerprint density at radius 1 is 1.55 bits per heavy atom. The molecule has 1 heterocycles. The zero-order valence-corrected chi connectivity index (χ0v) is 12.0. The summed E-state index contributed by atoms with van der Waals surface area (Å²) in [5, 5.41) is 16.3. The van der Waals surface area contributed by atoms with Crippen LogP contribution in [0.15, 0.2) is 34.8 Å². The molecular formula is C12H14ClN3O3S. The first-order valence-corrected chi connectivity index (χ1v) is 7.91. The lowest BCUT2D eigenvalue weighted by molar-refractivity contribution is 0.318. The molecule has 0 saturated carbocycles. The highest BCUT2D eigenvalue weighted by molar-refractivity contribution is 7.94. The largest absolute Gasteiger partial charge is 0.409 e. The number of sulfone groups is 1. The molecule has 4 N–H and O–H groups in total. The quantitative estimate of drug-likeness (QED) is 0.330. The van der Waals surface area contributed by atoms with Crippen LogP contribution in [0.3, 0.4) is 0 Å². The van der Waals surface area contributed by atoms with Crippen molar-refractivity contribution < 1.29 is 13.6 Å². The maximum absolute atomic E-state index is 11.3. The average molecular weight is 316 g/mol. The first-order chi connectivity index (χ1) is 9.41. The summed E-state index contributed by atoms with van der Waals surface area (Å²) in [6.07, 6.45) is 1.62. The summed E-state index contributed by atoms with van der Waals surface area (Å²) in [6, 6.07) is 4.81. The van der Waals surface area contributed by atoms with E-state index in [2.05, 4.69) is 10.5 Å². The second kappa shape index (κ2) is 5.82. The number of amidine groups is 1. The monoisotopic (exact) mass is 315 g/mol. The van der Waals surface area contributed by atoms with Crippen LogP contribution in [0.25, 0.3) is 0 Å². The lowest BCUT2D eigenvalue weighted by Gasteiger charge is -2.11. The van der Waals surface area contributed by atoms with E-state index in [1.807, 2.05) is 0 Å². The second-order valence-electron chi connectivity index (χ2n) is 4.44. The summed E-state index contributed by atoms with van der Waals surface area (Å²) in [5.41, 5.74) is 6.79. The fourth-order valence-electron chi connectivity index (χ4n) is 1.85. The number of nitrogens with one attached hydrogen (secondary N) is 1. The van der Waals surface area contributed by atoms with Crippen LogP contribution in [0, 0.1) is 0 Å². The molecule has 0 amide bonds. The molecule has 1 unspecified atom stereocenters. The Morgan fingerprint density at radius 3 is 2.85 bits per heavy atom. The van der Waals surface area contributed by atoms with Crippen LogP contribution in [0.1, 0.15) is 11.1 Å². The Labute approximate surface area is 121 Å². The highest BCUT2D eigenvalue weighted by Gasteiger charge is 2.21. The van der Waals surface area contributed by atoms with Gasteiger partial charge in [0.2, 0.25) is 0 Å². The first kappa shape index (κ1) is 14.8. The second-order valence-corrected chi connectivity index (χ2v) is 6.78. The van der Waals surface area contributed by atoms with Crippen molar-refractivity contribution in [2.24, 2.45) is 10.9 Å². The molecule has 1 atom stereocenters. The predicted octanol–water partition coefficient (Wildman–Crippen LogP) is 0.835. The number of hydrogen-bond acceptors (Lipinski definition) is 5. The number of oxime groups is 1. The smallest absolute Gasteiger partial charge is 0.173 e. The van der Waals surface area contributed by atoms with Gasteiger partial charge in [0.15, 0.2) is 15.7 Å². The molecule has 0 radical (unpaired) electrons. The van der Waals surface area contributed by atoms with E-state index in [0.717, 1.165) is 5.56 Å². The van der Waals surface area contributed by atoms with Crippen molar-refractivity contribution in [3.8, 4) is 0 Å². The zero-order valence-electron chi connectivity index (χ0n) is 10.5. The minimum absolute atomic E-state index is 0.0174. The number of hydrogen-bond donors (Lipinski definition) is 3. The first-order valence-electron chi connectivity index (χ1n) is 5.82. The van der Waals surface area contributed by atoms with E-state index in [4.69, 9.17) is 22.5 Å². The summed E-state index contributed by atoms with van der Waals surface area (Å²) in [6.45, 7) is 0.430. The van der Waals surface area contributed by atoms with Gasteiger partial charge in [0.1, 0.15) is 0 Å². The van der Waals surface area contributed by atoms with Crippen molar-refractivity contribution in [3.63, 3.8) is 0 Å². The molecule has 6 nitrogen and oxygen atoms in total. The van der Waals surface area contributed by atoms with Crippen LogP contribution in [0.2, 0.25) is 5.02 Å². The van der Waals surface area contributed by atoms with Gasteiger partial charge in [-0.15, -0.1) is 0 Å². The summed E-state index contributed by atoms with van der Waals surface area (Å²) >= 11 is 6.10. The fraction of sp³-hybridized carbons (Fsp3) is 0.250. The van der Waals surface area contributed by atoms with Gasteiger partial charge in [-0.2, -0.15) is 0 Å². The molecule has 0 aromatic heterocycles. The van der Waals surface area contributed by atoms with E-state index in [1.54, 1.807) is 24.3 Å². The lowest BCUT2D eigenvalue weighted by Crippen LogP contribution is -2.29.